The molecule has 0 amide bonds. The first-order chi connectivity index (χ1) is 3.98. The van der Waals surface area contributed by atoms with Gasteiger partial charge in [-0.1, -0.05) is 0 Å². The van der Waals surface area contributed by atoms with Crippen molar-refractivity contribution < 1.29 is 22.7 Å². The summed E-state index contributed by atoms with van der Waals surface area (Å²) in [6, 6.07) is 0. The van der Waals surface area contributed by atoms with E-state index >= 15 is 0 Å². The lowest BCUT2D eigenvalue weighted by Crippen LogP contribution is -2.65. The van der Waals surface area contributed by atoms with Gasteiger partial charge in [-0.2, -0.15) is 0 Å². The van der Waals surface area contributed by atoms with Crippen molar-refractivity contribution in [3.63, 3.8) is 0 Å². The lowest BCUT2D eigenvalue weighted by molar-refractivity contribution is -0.285. The molecule has 1 aliphatic rings. The lowest BCUT2D eigenvalue weighted by atomic mass is 9.86. The van der Waals surface area contributed by atoms with Crippen LogP contribution in [0.2, 0.25) is 0 Å². The van der Waals surface area contributed by atoms with Gasteiger partial charge < -0.3 is 5.11 Å². The summed E-state index contributed by atoms with van der Waals surface area (Å²) in [5, 5.41) is 7.96. The molecule has 0 bridgehead atoms. The van der Waals surface area contributed by atoms with E-state index in [1.54, 1.807) is 0 Å². The summed E-state index contributed by atoms with van der Waals surface area (Å²) in [5.74, 6) is -3.60. The topological polar surface area (TPSA) is 20.2 Å². The fraction of sp³-hybridized carbons (Fsp3) is 1.00. The minimum absolute atomic E-state index is 2.51. The van der Waals surface area contributed by atoms with Crippen molar-refractivity contribution in [3.8, 4) is 0 Å². The van der Waals surface area contributed by atoms with Crippen molar-refractivity contribution in [2.45, 2.75) is 24.4 Å². The van der Waals surface area contributed by atoms with Gasteiger partial charge in [0.05, 0.1) is 0 Å². The molecule has 1 aliphatic carbocycles. The van der Waals surface area contributed by atoms with Gasteiger partial charge in [0, 0.05) is 0 Å². The highest BCUT2D eigenvalue weighted by Gasteiger charge is 2.66. The van der Waals surface area contributed by atoms with Crippen LogP contribution in [0.4, 0.5) is 17.6 Å². The molecule has 54 valence electrons. The van der Waals surface area contributed by atoms with Crippen LogP contribution in [0, 0.1) is 0 Å². The standard InChI is InChI=1S/C4H4F4O/c5-1-2(6)4(8,9)3(1)7/h1-3,9H. The minimum Gasteiger partial charge on any atom is -0.357 e. The molecule has 0 radical (unpaired) electrons. The van der Waals surface area contributed by atoms with Gasteiger partial charge >= 0.3 is 0 Å². The zero-order valence-corrected chi connectivity index (χ0v) is 4.19. The molecule has 1 fully saturated rings. The zero-order valence-electron chi connectivity index (χ0n) is 4.19. The number of hydrogen-bond acceptors (Lipinski definition) is 1. The van der Waals surface area contributed by atoms with Gasteiger partial charge in [0.2, 0.25) is 0 Å². The first-order valence-electron chi connectivity index (χ1n) is 2.31. The summed E-state index contributed by atoms with van der Waals surface area (Å²) < 4.78 is 46.9. The summed E-state index contributed by atoms with van der Waals surface area (Å²) in [4.78, 5) is 0. The van der Waals surface area contributed by atoms with E-state index in [0.29, 0.717) is 0 Å². The Kier molecular flexibility index (Phi) is 1.20. The Morgan fingerprint density at radius 2 is 1.44 bits per heavy atom. The highest BCUT2D eigenvalue weighted by atomic mass is 19.2. The van der Waals surface area contributed by atoms with Crippen molar-refractivity contribution in [2.24, 2.45) is 0 Å². The van der Waals surface area contributed by atoms with Crippen LogP contribution in [-0.4, -0.2) is 29.5 Å². The molecule has 5 heteroatoms. The van der Waals surface area contributed by atoms with Gasteiger partial charge in [0.15, 0.2) is 18.5 Å². The van der Waals surface area contributed by atoms with E-state index in [2.05, 4.69) is 0 Å². The molecule has 0 spiro atoms. The molecule has 0 heterocycles. The molecule has 0 aliphatic heterocycles. The smallest absolute Gasteiger partial charge is 0.275 e. The van der Waals surface area contributed by atoms with E-state index in [-0.39, 0.29) is 0 Å². The molecule has 0 aromatic rings. The molecule has 1 N–H and O–H groups in total. The second-order valence-corrected chi connectivity index (χ2v) is 1.98. The third kappa shape index (κ3) is 0.640. The van der Waals surface area contributed by atoms with Gasteiger partial charge in [-0.3, -0.25) is 0 Å². The summed E-state index contributed by atoms with van der Waals surface area (Å²) in [6.07, 6.45) is -7.97. The summed E-state index contributed by atoms with van der Waals surface area (Å²) in [6.45, 7) is 0. The largest absolute Gasteiger partial charge is 0.357 e. The third-order valence-corrected chi connectivity index (χ3v) is 1.33. The van der Waals surface area contributed by atoms with E-state index in [0.717, 1.165) is 0 Å². The molecule has 9 heavy (non-hydrogen) atoms. The van der Waals surface area contributed by atoms with Crippen LogP contribution in [0.3, 0.4) is 0 Å². The van der Waals surface area contributed by atoms with Crippen LogP contribution in [0.5, 0.6) is 0 Å². The molecule has 0 saturated heterocycles. The number of halogens is 4. The lowest BCUT2D eigenvalue weighted by Gasteiger charge is -2.39. The van der Waals surface area contributed by atoms with E-state index < -0.39 is 24.4 Å². The van der Waals surface area contributed by atoms with E-state index in [1.807, 2.05) is 0 Å². The van der Waals surface area contributed by atoms with Crippen LogP contribution in [0.15, 0.2) is 0 Å². The molecule has 2 unspecified atom stereocenters. The van der Waals surface area contributed by atoms with Gasteiger partial charge in [0.1, 0.15) is 0 Å². The maximum Gasteiger partial charge on any atom is 0.275 e. The number of rotatable bonds is 0. The normalized spacial score (nSPS) is 59.0. The predicted octanol–water partition coefficient (Wildman–Crippen LogP) is 0.672. The quantitative estimate of drug-likeness (QED) is 0.495. The monoisotopic (exact) mass is 144 g/mol. The highest BCUT2D eigenvalue weighted by Crippen LogP contribution is 2.41. The predicted molar refractivity (Wildman–Crippen MR) is 20.7 cm³/mol. The molecule has 1 nitrogen and oxygen atoms in total. The Morgan fingerprint density at radius 3 is 1.56 bits per heavy atom. The van der Waals surface area contributed by atoms with Crippen LogP contribution < -0.4 is 0 Å². The molecular formula is C4H4F4O. The van der Waals surface area contributed by atoms with Crippen molar-refractivity contribution in [1.29, 1.82) is 0 Å². The zero-order chi connectivity index (χ0) is 7.23. The fourth-order valence-corrected chi connectivity index (χ4v) is 0.629. The van der Waals surface area contributed by atoms with Crippen LogP contribution in [-0.2, 0) is 0 Å². The average molecular weight is 144 g/mol. The first kappa shape index (κ1) is 6.80. The van der Waals surface area contributed by atoms with Crippen molar-refractivity contribution in [2.75, 3.05) is 0 Å². The van der Waals surface area contributed by atoms with Gasteiger partial charge in [-0.05, 0) is 0 Å². The molecule has 0 aromatic carbocycles. The maximum absolute atomic E-state index is 11.8. The summed E-state index contributed by atoms with van der Waals surface area (Å²) >= 11 is 0. The summed E-state index contributed by atoms with van der Waals surface area (Å²) in [5.41, 5.74) is 0. The molecule has 0 aromatic heterocycles. The maximum atomic E-state index is 11.8. The fourth-order valence-electron chi connectivity index (χ4n) is 0.629. The third-order valence-electron chi connectivity index (χ3n) is 1.33. The Labute approximate surface area is 48.3 Å². The Morgan fingerprint density at radius 1 is 1.11 bits per heavy atom. The van der Waals surface area contributed by atoms with Crippen molar-refractivity contribution in [1.82, 2.24) is 0 Å². The molecule has 1 saturated carbocycles. The van der Waals surface area contributed by atoms with Gasteiger partial charge in [-0.15, -0.1) is 0 Å². The number of alkyl halides is 4. The average Bonchev–Trinajstić information content (AvgIpc) is 1.84. The second-order valence-electron chi connectivity index (χ2n) is 1.98. The Hall–Kier alpha value is -0.320. The van der Waals surface area contributed by atoms with E-state index in [9.17, 15) is 17.6 Å². The van der Waals surface area contributed by atoms with Gasteiger partial charge in [-0.25, -0.2) is 17.6 Å². The first-order valence-corrected chi connectivity index (χ1v) is 2.31. The molecular weight excluding hydrogens is 140 g/mol. The van der Waals surface area contributed by atoms with E-state index in [4.69, 9.17) is 5.11 Å². The number of aliphatic hydroxyl groups is 1. The van der Waals surface area contributed by atoms with Crippen molar-refractivity contribution >= 4 is 0 Å². The molecule has 2 atom stereocenters. The second kappa shape index (κ2) is 1.59. The summed E-state index contributed by atoms with van der Waals surface area (Å²) in [7, 11) is 0. The van der Waals surface area contributed by atoms with Crippen LogP contribution in [0.25, 0.3) is 0 Å². The minimum atomic E-state index is -3.60. The Balaban J connectivity index is 2.62. The molecule has 1 rings (SSSR count). The van der Waals surface area contributed by atoms with Crippen LogP contribution in [0.1, 0.15) is 0 Å². The SMILES string of the molecule is OC1(F)C(F)C(F)C1F. The van der Waals surface area contributed by atoms with E-state index in [1.165, 1.54) is 0 Å². The number of hydrogen-bond donors (Lipinski definition) is 1. The van der Waals surface area contributed by atoms with Crippen molar-refractivity contribution in [3.05, 3.63) is 0 Å². The Bertz CT molecular complexity index is 114. The highest BCUT2D eigenvalue weighted by molar-refractivity contribution is 5.05. The van der Waals surface area contributed by atoms with Gasteiger partial charge in [0.25, 0.3) is 5.85 Å². The van der Waals surface area contributed by atoms with Crippen LogP contribution >= 0.6 is 0 Å².